The summed E-state index contributed by atoms with van der Waals surface area (Å²) >= 11 is 1.40. The molecular weight excluding hydrogens is 270 g/mol. The van der Waals surface area contributed by atoms with Crippen molar-refractivity contribution in [3.05, 3.63) is 30.3 Å². The van der Waals surface area contributed by atoms with Gasteiger partial charge in [0, 0.05) is 24.8 Å². The molecule has 0 aliphatic rings. The molecule has 0 unspecified atom stereocenters. The number of carbonyl (C=O) groups is 2. The molecule has 0 saturated heterocycles. The summed E-state index contributed by atoms with van der Waals surface area (Å²) in [5.74, 6) is 1.01. The fourth-order valence-electron chi connectivity index (χ4n) is 1.88. The van der Waals surface area contributed by atoms with Gasteiger partial charge in [0.25, 0.3) is 0 Å². The predicted molar refractivity (Wildman–Crippen MR) is 85.9 cm³/mol. The minimum atomic E-state index is 0.0864. The van der Waals surface area contributed by atoms with Crippen LogP contribution in [0.1, 0.15) is 45.4 Å². The second-order valence-corrected chi connectivity index (χ2v) is 6.04. The maximum atomic E-state index is 11.7. The molecule has 0 atom stereocenters. The second-order valence-electron chi connectivity index (χ2n) is 4.77. The zero-order valence-corrected chi connectivity index (χ0v) is 12.9. The van der Waals surface area contributed by atoms with E-state index in [-0.39, 0.29) is 11.0 Å². The highest BCUT2D eigenvalue weighted by Gasteiger charge is 2.01. The smallest absolute Gasteiger partial charge is 0.224 e. The molecule has 1 N–H and O–H groups in total. The van der Waals surface area contributed by atoms with E-state index in [0.29, 0.717) is 6.42 Å². The maximum Gasteiger partial charge on any atom is 0.224 e. The Hall–Kier alpha value is -1.29. The van der Waals surface area contributed by atoms with E-state index in [1.54, 1.807) is 6.92 Å². The van der Waals surface area contributed by atoms with Crippen molar-refractivity contribution in [2.24, 2.45) is 0 Å². The molecule has 0 aliphatic heterocycles. The van der Waals surface area contributed by atoms with Crippen molar-refractivity contribution >= 4 is 28.5 Å². The van der Waals surface area contributed by atoms with Gasteiger partial charge in [0.15, 0.2) is 5.12 Å². The zero-order chi connectivity index (χ0) is 14.6. The van der Waals surface area contributed by atoms with Crippen LogP contribution in [-0.2, 0) is 9.59 Å². The molecule has 0 aliphatic carbocycles. The Morgan fingerprint density at radius 3 is 2.35 bits per heavy atom. The third kappa shape index (κ3) is 8.75. The number of benzene rings is 1. The van der Waals surface area contributed by atoms with Crippen molar-refractivity contribution < 1.29 is 9.59 Å². The van der Waals surface area contributed by atoms with E-state index in [1.807, 2.05) is 30.3 Å². The van der Waals surface area contributed by atoms with Gasteiger partial charge in [0.2, 0.25) is 5.91 Å². The van der Waals surface area contributed by atoms with Gasteiger partial charge in [0.05, 0.1) is 0 Å². The molecule has 0 radical (unpaired) electrons. The van der Waals surface area contributed by atoms with Gasteiger partial charge >= 0.3 is 0 Å². The van der Waals surface area contributed by atoms with E-state index in [0.717, 1.165) is 43.5 Å². The van der Waals surface area contributed by atoms with E-state index in [9.17, 15) is 9.59 Å². The molecule has 0 spiro atoms. The quantitative estimate of drug-likeness (QED) is 0.692. The fourth-order valence-corrected chi connectivity index (χ4v) is 2.51. The first-order valence-corrected chi connectivity index (χ1v) is 8.15. The summed E-state index contributed by atoms with van der Waals surface area (Å²) in [7, 11) is 0. The van der Waals surface area contributed by atoms with Gasteiger partial charge in [-0.3, -0.25) is 9.59 Å². The minimum absolute atomic E-state index is 0.0864. The molecular formula is C16H23NO2S. The number of hydrogen-bond donors (Lipinski definition) is 1. The Bertz CT molecular complexity index is 406. The first-order valence-electron chi connectivity index (χ1n) is 7.17. The average molecular weight is 293 g/mol. The predicted octanol–water partition coefficient (Wildman–Crippen LogP) is 4.25. The van der Waals surface area contributed by atoms with E-state index in [4.69, 9.17) is 0 Å². The Morgan fingerprint density at radius 2 is 1.65 bits per heavy atom. The number of rotatable bonds is 9. The van der Waals surface area contributed by atoms with Crippen molar-refractivity contribution in [1.29, 1.82) is 0 Å². The van der Waals surface area contributed by atoms with Gasteiger partial charge < -0.3 is 5.32 Å². The van der Waals surface area contributed by atoms with Crippen LogP contribution in [-0.4, -0.2) is 16.8 Å². The number of hydrogen-bond acceptors (Lipinski definition) is 3. The fraction of sp³-hybridized carbons (Fsp3) is 0.500. The van der Waals surface area contributed by atoms with Crippen molar-refractivity contribution in [3.63, 3.8) is 0 Å². The van der Waals surface area contributed by atoms with Gasteiger partial charge in [-0.15, -0.1) is 0 Å². The summed E-state index contributed by atoms with van der Waals surface area (Å²) in [5.41, 5.74) is 0.860. The van der Waals surface area contributed by atoms with Crippen LogP contribution in [0.15, 0.2) is 30.3 Å². The molecule has 4 heteroatoms. The van der Waals surface area contributed by atoms with E-state index < -0.39 is 0 Å². The normalized spacial score (nSPS) is 10.2. The number of amides is 1. The molecule has 1 aromatic rings. The van der Waals surface area contributed by atoms with Crippen LogP contribution in [0, 0.1) is 0 Å². The van der Waals surface area contributed by atoms with E-state index >= 15 is 0 Å². The lowest BCUT2D eigenvalue weighted by Gasteiger charge is -2.04. The SMILES string of the molecule is CC(=O)SCCCCCCCC(=O)Nc1ccccc1. The highest BCUT2D eigenvalue weighted by atomic mass is 32.2. The van der Waals surface area contributed by atoms with Crippen molar-refractivity contribution in [3.8, 4) is 0 Å². The number of unbranched alkanes of at least 4 members (excludes halogenated alkanes) is 4. The lowest BCUT2D eigenvalue weighted by molar-refractivity contribution is -0.116. The largest absolute Gasteiger partial charge is 0.326 e. The summed E-state index contributed by atoms with van der Waals surface area (Å²) in [5, 5.41) is 3.08. The summed E-state index contributed by atoms with van der Waals surface area (Å²) in [6.45, 7) is 1.61. The van der Waals surface area contributed by atoms with Crippen LogP contribution in [0.25, 0.3) is 0 Å². The summed E-state index contributed by atoms with van der Waals surface area (Å²) in [6, 6.07) is 9.54. The van der Waals surface area contributed by atoms with Crippen LogP contribution in [0.4, 0.5) is 5.69 Å². The first-order chi connectivity index (χ1) is 9.68. The van der Waals surface area contributed by atoms with Gasteiger partial charge in [-0.1, -0.05) is 49.2 Å². The number of para-hydroxylation sites is 1. The lowest BCUT2D eigenvalue weighted by atomic mass is 10.1. The highest BCUT2D eigenvalue weighted by molar-refractivity contribution is 8.13. The average Bonchev–Trinajstić information content (AvgIpc) is 2.42. The first kappa shape index (κ1) is 16.8. The Labute approximate surface area is 125 Å². The van der Waals surface area contributed by atoms with Crippen LogP contribution in [0.5, 0.6) is 0 Å². The maximum absolute atomic E-state index is 11.7. The van der Waals surface area contributed by atoms with Crippen molar-refractivity contribution in [1.82, 2.24) is 0 Å². The monoisotopic (exact) mass is 293 g/mol. The molecule has 0 heterocycles. The number of anilines is 1. The minimum Gasteiger partial charge on any atom is -0.326 e. The molecule has 20 heavy (non-hydrogen) atoms. The van der Waals surface area contributed by atoms with Crippen LogP contribution in [0.3, 0.4) is 0 Å². The molecule has 110 valence electrons. The van der Waals surface area contributed by atoms with Crippen molar-refractivity contribution in [2.45, 2.75) is 45.4 Å². The molecule has 0 fully saturated rings. The third-order valence-corrected chi connectivity index (χ3v) is 3.81. The zero-order valence-electron chi connectivity index (χ0n) is 12.1. The molecule has 1 rings (SSSR count). The highest BCUT2D eigenvalue weighted by Crippen LogP contribution is 2.11. The standard InChI is InChI=1S/C16H23NO2S/c1-14(18)20-13-9-4-2-3-8-12-16(19)17-15-10-6-5-7-11-15/h5-7,10-11H,2-4,8-9,12-13H2,1H3,(H,17,19). The lowest BCUT2D eigenvalue weighted by Crippen LogP contribution is -2.10. The van der Waals surface area contributed by atoms with Crippen LogP contribution in [0.2, 0.25) is 0 Å². The number of thioether (sulfide) groups is 1. The molecule has 3 nitrogen and oxygen atoms in total. The summed E-state index contributed by atoms with van der Waals surface area (Å²) in [4.78, 5) is 22.4. The molecule has 0 aromatic heterocycles. The van der Waals surface area contributed by atoms with Gasteiger partial charge in [-0.2, -0.15) is 0 Å². The molecule has 0 bridgehead atoms. The van der Waals surface area contributed by atoms with E-state index in [2.05, 4.69) is 5.32 Å². The summed E-state index contributed by atoms with van der Waals surface area (Å²) < 4.78 is 0. The van der Waals surface area contributed by atoms with Gasteiger partial charge in [-0.05, 0) is 25.0 Å². The van der Waals surface area contributed by atoms with Crippen LogP contribution < -0.4 is 5.32 Å². The Kier molecular flexibility index (Phi) is 8.79. The van der Waals surface area contributed by atoms with Crippen LogP contribution >= 0.6 is 11.8 Å². The molecule has 0 saturated carbocycles. The Morgan fingerprint density at radius 1 is 1.00 bits per heavy atom. The van der Waals surface area contributed by atoms with Gasteiger partial charge in [-0.25, -0.2) is 0 Å². The van der Waals surface area contributed by atoms with E-state index in [1.165, 1.54) is 11.8 Å². The van der Waals surface area contributed by atoms with Gasteiger partial charge in [0.1, 0.15) is 0 Å². The molecule has 1 aromatic carbocycles. The molecule has 1 amide bonds. The summed E-state index contributed by atoms with van der Waals surface area (Å²) in [6.07, 6.45) is 5.95. The second kappa shape index (κ2) is 10.5. The number of nitrogens with one attached hydrogen (secondary N) is 1. The third-order valence-electron chi connectivity index (χ3n) is 2.91. The number of carbonyl (C=O) groups excluding carboxylic acids is 2. The Balaban J connectivity index is 1.96. The van der Waals surface area contributed by atoms with Crippen molar-refractivity contribution in [2.75, 3.05) is 11.1 Å². The topological polar surface area (TPSA) is 46.2 Å².